The number of benzene rings is 1. The zero-order valence-electron chi connectivity index (χ0n) is 11.7. The number of hydrogen-bond acceptors (Lipinski definition) is 2. The smallest absolute Gasteiger partial charge is 0.306 e. The Morgan fingerprint density at radius 3 is 2.68 bits per heavy atom. The van der Waals surface area contributed by atoms with Crippen molar-refractivity contribution in [3.63, 3.8) is 0 Å². The van der Waals surface area contributed by atoms with E-state index < -0.39 is 5.97 Å². The summed E-state index contributed by atoms with van der Waals surface area (Å²) in [7, 11) is 0. The van der Waals surface area contributed by atoms with Crippen molar-refractivity contribution in [2.24, 2.45) is 5.92 Å². The monoisotopic (exact) mass is 261 g/mol. The maximum atomic E-state index is 11.0. The van der Waals surface area contributed by atoms with Crippen LogP contribution in [0, 0.1) is 5.92 Å². The Morgan fingerprint density at radius 1 is 1.42 bits per heavy atom. The van der Waals surface area contributed by atoms with E-state index in [0.717, 1.165) is 25.9 Å². The fraction of sp³-hybridized carbons (Fsp3) is 0.562. The highest BCUT2D eigenvalue weighted by Crippen LogP contribution is 2.26. The summed E-state index contributed by atoms with van der Waals surface area (Å²) < 4.78 is 0. The van der Waals surface area contributed by atoms with Gasteiger partial charge in [0, 0.05) is 12.6 Å². The Balaban J connectivity index is 1.92. The highest BCUT2D eigenvalue weighted by molar-refractivity contribution is 5.70. The van der Waals surface area contributed by atoms with Crippen molar-refractivity contribution in [3.8, 4) is 0 Å². The summed E-state index contributed by atoms with van der Waals surface area (Å²) in [5.74, 6) is -0.300. The van der Waals surface area contributed by atoms with Crippen LogP contribution in [0.5, 0.6) is 0 Å². The van der Waals surface area contributed by atoms with Gasteiger partial charge in [0.1, 0.15) is 0 Å². The molecule has 0 bridgehead atoms. The van der Waals surface area contributed by atoms with Crippen molar-refractivity contribution in [1.29, 1.82) is 0 Å². The van der Waals surface area contributed by atoms with Gasteiger partial charge in [0.05, 0.1) is 5.92 Å². The lowest BCUT2D eigenvalue weighted by Crippen LogP contribution is -2.44. The van der Waals surface area contributed by atoms with Gasteiger partial charge >= 0.3 is 5.97 Å². The van der Waals surface area contributed by atoms with Crippen molar-refractivity contribution in [2.45, 2.75) is 38.6 Å². The summed E-state index contributed by atoms with van der Waals surface area (Å²) in [4.78, 5) is 13.5. The molecule has 0 saturated carbocycles. The first kappa shape index (κ1) is 14.1. The van der Waals surface area contributed by atoms with Gasteiger partial charge in [0.15, 0.2) is 0 Å². The molecule has 1 aromatic carbocycles. The Bertz CT molecular complexity index is 418. The quantitative estimate of drug-likeness (QED) is 0.906. The second-order valence-corrected chi connectivity index (χ2v) is 5.72. The van der Waals surface area contributed by atoms with Gasteiger partial charge < -0.3 is 10.0 Å². The van der Waals surface area contributed by atoms with E-state index in [0.29, 0.717) is 12.0 Å². The summed E-state index contributed by atoms with van der Waals surface area (Å²) in [5.41, 5.74) is 1.36. The zero-order valence-corrected chi connectivity index (χ0v) is 11.7. The van der Waals surface area contributed by atoms with Crippen molar-refractivity contribution in [3.05, 3.63) is 35.9 Å². The first-order chi connectivity index (χ1) is 9.08. The molecule has 1 aliphatic rings. The summed E-state index contributed by atoms with van der Waals surface area (Å²) >= 11 is 0. The minimum atomic E-state index is -0.636. The summed E-state index contributed by atoms with van der Waals surface area (Å²) in [6.45, 7) is 6.30. The second-order valence-electron chi connectivity index (χ2n) is 5.72. The molecule has 3 nitrogen and oxygen atoms in total. The Hall–Kier alpha value is -1.35. The van der Waals surface area contributed by atoms with Crippen LogP contribution in [0.1, 0.15) is 38.2 Å². The van der Waals surface area contributed by atoms with Crippen LogP contribution in [0.4, 0.5) is 0 Å². The lowest BCUT2D eigenvalue weighted by Gasteiger charge is -2.37. The van der Waals surface area contributed by atoms with Crippen LogP contribution >= 0.6 is 0 Å². The Labute approximate surface area is 115 Å². The lowest BCUT2D eigenvalue weighted by molar-refractivity contribution is -0.144. The number of nitrogens with zero attached hydrogens (tertiary/aromatic N) is 1. The van der Waals surface area contributed by atoms with Gasteiger partial charge in [0.25, 0.3) is 0 Å². The molecule has 1 fully saturated rings. The molecule has 0 aromatic heterocycles. The normalized spacial score (nSPS) is 26.0. The first-order valence-corrected chi connectivity index (χ1v) is 7.09. The number of hydrogen-bond donors (Lipinski definition) is 1. The van der Waals surface area contributed by atoms with Crippen LogP contribution in [0.2, 0.25) is 0 Å². The maximum Gasteiger partial charge on any atom is 0.306 e. The molecule has 0 aliphatic carbocycles. The average Bonchev–Trinajstić information content (AvgIpc) is 2.41. The zero-order chi connectivity index (χ0) is 13.8. The third kappa shape index (κ3) is 3.57. The van der Waals surface area contributed by atoms with Crippen LogP contribution in [0.25, 0.3) is 0 Å². The van der Waals surface area contributed by atoms with E-state index in [-0.39, 0.29) is 5.92 Å². The van der Waals surface area contributed by atoms with Crippen LogP contribution in [0.15, 0.2) is 30.3 Å². The molecular formula is C16H23NO2. The van der Waals surface area contributed by atoms with Gasteiger partial charge in [-0.25, -0.2) is 0 Å². The predicted octanol–water partition coefficient (Wildman–Crippen LogP) is 2.98. The van der Waals surface area contributed by atoms with Crippen molar-refractivity contribution in [1.82, 2.24) is 4.90 Å². The van der Waals surface area contributed by atoms with Gasteiger partial charge in [-0.15, -0.1) is 0 Å². The van der Waals surface area contributed by atoms with Crippen LogP contribution in [0.3, 0.4) is 0 Å². The maximum absolute atomic E-state index is 11.0. The minimum absolute atomic E-state index is 0.154. The molecule has 1 saturated heterocycles. The standard InChI is InChI=1S/C16H23NO2/c1-12(14-6-4-3-5-7-14)11-17-9-8-15(16(18)19)10-13(17)2/h3-7,12-13,15H,8-11H2,1-2H3,(H,18,19). The van der Waals surface area contributed by atoms with Gasteiger partial charge in [-0.2, -0.15) is 0 Å². The highest BCUT2D eigenvalue weighted by atomic mass is 16.4. The predicted molar refractivity (Wildman–Crippen MR) is 76.3 cm³/mol. The third-order valence-electron chi connectivity index (χ3n) is 4.24. The topological polar surface area (TPSA) is 40.5 Å². The van der Waals surface area contributed by atoms with E-state index in [4.69, 9.17) is 5.11 Å². The molecule has 0 radical (unpaired) electrons. The summed E-state index contributed by atoms with van der Waals surface area (Å²) in [6.07, 6.45) is 1.55. The molecule has 3 atom stereocenters. The molecule has 0 amide bonds. The van der Waals surface area contributed by atoms with E-state index in [2.05, 4.69) is 43.0 Å². The van der Waals surface area contributed by atoms with Crippen LogP contribution < -0.4 is 0 Å². The number of likely N-dealkylation sites (tertiary alicyclic amines) is 1. The molecule has 3 heteroatoms. The molecule has 3 unspecified atom stereocenters. The Kier molecular flexibility index (Phi) is 4.59. The largest absolute Gasteiger partial charge is 0.481 e. The van der Waals surface area contributed by atoms with Crippen LogP contribution in [-0.2, 0) is 4.79 Å². The SMILES string of the molecule is CC(CN1CCC(C(=O)O)CC1C)c1ccccc1. The molecule has 2 rings (SSSR count). The third-order valence-corrected chi connectivity index (χ3v) is 4.24. The molecule has 1 aromatic rings. The summed E-state index contributed by atoms with van der Waals surface area (Å²) in [6, 6.07) is 10.9. The van der Waals surface area contributed by atoms with Gasteiger partial charge in [-0.05, 0) is 37.8 Å². The second kappa shape index (κ2) is 6.20. The Morgan fingerprint density at radius 2 is 2.11 bits per heavy atom. The fourth-order valence-corrected chi connectivity index (χ4v) is 2.95. The number of rotatable bonds is 4. The number of carboxylic acid groups (broad SMARTS) is 1. The molecule has 0 spiro atoms. The molecule has 104 valence electrons. The molecule has 1 heterocycles. The van der Waals surface area contributed by atoms with Gasteiger partial charge in [-0.3, -0.25) is 4.79 Å². The van der Waals surface area contributed by atoms with Crippen LogP contribution in [-0.4, -0.2) is 35.1 Å². The average molecular weight is 261 g/mol. The van der Waals surface area contributed by atoms with Crippen molar-refractivity contribution in [2.75, 3.05) is 13.1 Å². The lowest BCUT2D eigenvalue weighted by atomic mass is 9.90. The van der Waals surface area contributed by atoms with Crippen molar-refractivity contribution < 1.29 is 9.90 Å². The first-order valence-electron chi connectivity index (χ1n) is 7.09. The highest BCUT2D eigenvalue weighted by Gasteiger charge is 2.30. The number of piperidine rings is 1. The molecule has 1 aliphatic heterocycles. The van der Waals surface area contributed by atoms with E-state index in [1.807, 2.05) is 6.07 Å². The minimum Gasteiger partial charge on any atom is -0.481 e. The van der Waals surface area contributed by atoms with Gasteiger partial charge in [-0.1, -0.05) is 37.3 Å². The number of carbonyl (C=O) groups is 1. The van der Waals surface area contributed by atoms with E-state index >= 15 is 0 Å². The number of aliphatic carboxylic acids is 1. The number of carboxylic acids is 1. The van der Waals surface area contributed by atoms with Crippen molar-refractivity contribution >= 4 is 5.97 Å². The summed E-state index contributed by atoms with van der Waals surface area (Å²) in [5, 5.41) is 9.08. The van der Waals surface area contributed by atoms with E-state index in [9.17, 15) is 4.79 Å². The van der Waals surface area contributed by atoms with E-state index in [1.165, 1.54) is 5.56 Å². The van der Waals surface area contributed by atoms with E-state index in [1.54, 1.807) is 0 Å². The fourth-order valence-electron chi connectivity index (χ4n) is 2.95. The molecule has 19 heavy (non-hydrogen) atoms. The molecular weight excluding hydrogens is 238 g/mol. The van der Waals surface area contributed by atoms with Gasteiger partial charge in [0.2, 0.25) is 0 Å². The molecule has 1 N–H and O–H groups in total.